The van der Waals surface area contributed by atoms with Gasteiger partial charge >= 0.3 is 0 Å². The highest BCUT2D eigenvalue weighted by molar-refractivity contribution is 4.93. The van der Waals surface area contributed by atoms with Gasteiger partial charge in [-0.25, -0.2) is 0 Å². The molecule has 1 N–H and O–H groups in total. The first kappa shape index (κ1) is 15.0. The molecule has 0 bridgehead atoms. The molecule has 1 saturated heterocycles. The zero-order valence-electron chi connectivity index (χ0n) is 12.1. The van der Waals surface area contributed by atoms with Crippen molar-refractivity contribution in [1.82, 2.24) is 5.32 Å². The fourth-order valence-electron chi connectivity index (χ4n) is 2.52. The van der Waals surface area contributed by atoms with Gasteiger partial charge in [-0.3, -0.25) is 0 Å². The Balaban J connectivity index is 1.93. The molecule has 2 atom stereocenters. The summed E-state index contributed by atoms with van der Waals surface area (Å²) in [5, 5.41) is 3.68. The van der Waals surface area contributed by atoms with Crippen LogP contribution in [0.2, 0.25) is 0 Å². The third-order valence-corrected chi connectivity index (χ3v) is 4.20. The quantitative estimate of drug-likeness (QED) is 0.618. The second kappa shape index (κ2) is 8.10. The zero-order chi connectivity index (χ0) is 12.6. The van der Waals surface area contributed by atoms with Crippen LogP contribution in [0.5, 0.6) is 0 Å². The van der Waals surface area contributed by atoms with Gasteiger partial charge in [-0.05, 0) is 33.2 Å². The minimum atomic E-state index is 0.224. The van der Waals surface area contributed by atoms with Crippen molar-refractivity contribution in [2.75, 3.05) is 13.2 Å². The first-order valence-electron chi connectivity index (χ1n) is 7.55. The molecule has 2 heteroatoms. The summed E-state index contributed by atoms with van der Waals surface area (Å²) in [5.74, 6) is 0. The third kappa shape index (κ3) is 5.39. The Labute approximate surface area is 108 Å². The van der Waals surface area contributed by atoms with Crippen LogP contribution in [-0.4, -0.2) is 24.8 Å². The van der Waals surface area contributed by atoms with E-state index in [0.29, 0.717) is 6.10 Å². The lowest BCUT2D eigenvalue weighted by atomic mass is 9.94. The molecule has 0 radical (unpaired) electrons. The maximum absolute atomic E-state index is 5.63. The molecule has 1 aliphatic rings. The minimum absolute atomic E-state index is 0.224. The summed E-state index contributed by atoms with van der Waals surface area (Å²) >= 11 is 0. The molecule has 2 unspecified atom stereocenters. The van der Waals surface area contributed by atoms with Gasteiger partial charge < -0.3 is 10.1 Å². The summed E-state index contributed by atoms with van der Waals surface area (Å²) in [4.78, 5) is 0. The van der Waals surface area contributed by atoms with Crippen molar-refractivity contribution < 1.29 is 4.74 Å². The van der Waals surface area contributed by atoms with E-state index in [-0.39, 0.29) is 5.54 Å². The Morgan fingerprint density at radius 1 is 1.12 bits per heavy atom. The summed E-state index contributed by atoms with van der Waals surface area (Å²) in [6.45, 7) is 8.83. The highest BCUT2D eigenvalue weighted by Gasteiger charge is 2.35. The Bertz CT molecular complexity index is 195. The molecule has 1 heterocycles. The first-order chi connectivity index (χ1) is 8.19. The highest BCUT2D eigenvalue weighted by Crippen LogP contribution is 2.24. The largest absolute Gasteiger partial charge is 0.377 e. The van der Waals surface area contributed by atoms with Crippen molar-refractivity contribution in [2.24, 2.45) is 0 Å². The van der Waals surface area contributed by atoms with Gasteiger partial charge in [0.1, 0.15) is 0 Å². The molecular formula is C15H31NO. The Morgan fingerprint density at radius 3 is 2.35 bits per heavy atom. The van der Waals surface area contributed by atoms with Crippen LogP contribution in [0.1, 0.15) is 72.1 Å². The molecule has 0 saturated carbocycles. The standard InChI is InChI=1S/C15H31NO/c1-4-5-6-7-8-9-10-12-16-15(3)11-13-17-14(15)2/h14,16H,4-13H2,1-3H3. The van der Waals surface area contributed by atoms with Gasteiger partial charge in [0.2, 0.25) is 0 Å². The molecule has 0 amide bonds. The Morgan fingerprint density at radius 2 is 1.76 bits per heavy atom. The molecule has 0 spiro atoms. The smallest absolute Gasteiger partial charge is 0.0726 e. The summed E-state index contributed by atoms with van der Waals surface area (Å²) in [5.41, 5.74) is 0.224. The van der Waals surface area contributed by atoms with E-state index >= 15 is 0 Å². The van der Waals surface area contributed by atoms with E-state index in [1.165, 1.54) is 44.9 Å². The van der Waals surface area contributed by atoms with Crippen molar-refractivity contribution in [3.8, 4) is 0 Å². The molecule has 17 heavy (non-hydrogen) atoms. The molecule has 1 rings (SSSR count). The number of unbranched alkanes of at least 4 members (excludes halogenated alkanes) is 6. The molecule has 1 fully saturated rings. The lowest BCUT2D eigenvalue weighted by Gasteiger charge is -2.29. The van der Waals surface area contributed by atoms with Gasteiger partial charge in [-0.1, -0.05) is 45.4 Å². The van der Waals surface area contributed by atoms with Crippen LogP contribution in [0.4, 0.5) is 0 Å². The molecule has 102 valence electrons. The van der Waals surface area contributed by atoms with Crippen LogP contribution < -0.4 is 5.32 Å². The SMILES string of the molecule is CCCCCCCCCNC1(C)CCOC1C. The Kier molecular flexibility index (Phi) is 7.14. The molecule has 0 aromatic carbocycles. The number of ether oxygens (including phenoxy) is 1. The molecular weight excluding hydrogens is 210 g/mol. The van der Waals surface area contributed by atoms with Crippen molar-refractivity contribution in [3.63, 3.8) is 0 Å². The second-order valence-corrected chi connectivity index (χ2v) is 5.73. The predicted molar refractivity (Wildman–Crippen MR) is 74.4 cm³/mol. The number of rotatable bonds is 9. The second-order valence-electron chi connectivity index (χ2n) is 5.73. The maximum atomic E-state index is 5.63. The van der Waals surface area contributed by atoms with Gasteiger partial charge in [-0.15, -0.1) is 0 Å². The van der Waals surface area contributed by atoms with Crippen LogP contribution in [0.25, 0.3) is 0 Å². The van der Waals surface area contributed by atoms with E-state index in [1.807, 2.05) is 0 Å². The van der Waals surface area contributed by atoms with E-state index in [1.54, 1.807) is 0 Å². The molecule has 2 nitrogen and oxygen atoms in total. The average Bonchev–Trinajstić information content (AvgIpc) is 2.63. The summed E-state index contributed by atoms with van der Waals surface area (Å²) in [6, 6.07) is 0. The maximum Gasteiger partial charge on any atom is 0.0726 e. The summed E-state index contributed by atoms with van der Waals surface area (Å²) in [7, 11) is 0. The van der Waals surface area contributed by atoms with Crippen molar-refractivity contribution >= 4 is 0 Å². The van der Waals surface area contributed by atoms with Crippen LogP contribution in [0.3, 0.4) is 0 Å². The van der Waals surface area contributed by atoms with Crippen LogP contribution in [0, 0.1) is 0 Å². The fraction of sp³-hybridized carbons (Fsp3) is 1.00. The first-order valence-corrected chi connectivity index (χ1v) is 7.55. The monoisotopic (exact) mass is 241 g/mol. The Hall–Kier alpha value is -0.0800. The molecule has 0 aromatic heterocycles. The third-order valence-electron chi connectivity index (χ3n) is 4.20. The van der Waals surface area contributed by atoms with E-state index < -0.39 is 0 Å². The summed E-state index contributed by atoms with van der Waals surface area (Å²) < 4.78 is 5.63. The van der Waals surface area contributed by atoms with Gasteiger partial charge in [0.05, 0.1) is 6.10 Å². The number of nitrogens with one attached hydrogen (secondary N) is 1. The fourth-order valence-corrected chi connectivity index (χ4v) is 2.52. The zero-order valence-corrected chi connectivity index (χ0v) is 12.1. The van der Waals surface area contributed by atoms with Crippen LogP contribution in [0.15, 0.2) is 0 Å². The van der Waals surface area contributed by atoms with Gasteiger partial charge in [-0.2, -0.15) is 0 Å². The summed E-state index contributed by atoms with van der Waals surface area (Å²) in [6.07, 6.45) is 11.2. The number of hydrogen-bond acceptors (Lipinski definition) is 2. The number of hydrogen-bond donors (Lipinski definition) is 1. The molecule has 0 aliphatic carbocycles. The van der Waals surface area contributed by atoms with Crippen LogP contribution in [-0.2, 0) is 4.74 Å². The normalized spacial score (nSPS) is 28.8. The van der Waals surface area contributed by atoms with Crippen molar-refractivity contribution in [2.45, 2.75) is 83.8 Å². The van der Waals surface area contributed by atoms with E-state index in [2.05, 4.69) is 26.1 Å². The van der Waals surface area contributed by atoms with Crippen LogP contribution >= 0.6 is 0 Å². The van der Waals surface area contributed by atoms with Gasteiger partial charge in [0, 0.05) is 12.1 Å². The van der Waals surface area contributed by atoms with Crippen molar-refractivity contribution in [1.29, 1.82) is 0 Å². The van der Waals surface area contributed by atoms with Gasteiger partial charge in [0.15, 0.2) is 0 Å². The average molecular weight is 241 g/mol. The topological polar surface area (TPSA) is 21.3 Å². The van der Waals surface area contributed by atoms with E-state index in [0.717, 1.165) is 19.6 Å². The highest BCUT2D eigenvalue weighted by atomic mass is 16.5. The van der Waals surface area contributed by atoms with E-state index in [9.17, 15) is 0 Å². The molecule has 0 aromatic rings. The lowest BCUT2D eigenvalue weighted by Crippen LogP contribution is -2.48. The van der Waals surface area contributed by atoms with Gasteiger partial charge in [0.25, 0.3) is 0 Å². The molecule has 1 aliphatic heterocycles. The lowest BCUT2D eigenvalue weighted by molar-refractivity contribution is 0.0886. The minimum Gasteiger partial charge on any atom is -0.377 e. The van der Waals surface area contributed by atoms with Crippen molar-refractivity contribution in [3.05, 3.63) is 0 Å². The predicted octanol–water partition coefficient (Wildman–Crippen LogP) is 3.89. The van der Waals surface area contributed by atoms with E-state index in [4.69, 9.17) is 4.74 Å².